The van der Waals surface area contributed by atoms with E-state index in [0.717, 1.165) is 26.9 Å². The molecule has 5 aromatic rings. The van der Waals surface area contributed by atoms with Crippen LogP contribution in [0.3, 0.4) is 0 Å². The summed E-state index contributed by atoms with van der Waals surface area (Å²) >= 11 is 1.45. The Kier molecular flexibility index (Phi) is 3.27. The lowest BCUT2D eigenvalue weighted by atomic mass is 10.2. The fourth-order valence-electron chi connectivity index (χ4n) is 3.53. The average Bonchev–Trinajstić information content (AvgIpc) is 3.27. The Labute approximate surface area is 153 Å². The maximum absolute atomic E-state index is 13.0. The molecule has 5 heteroatoms. The second-order valence-corrected chi connectivity index (χ2v) is 7.75. The number of imidazole rings is 1. The third-order valence-corrected chi connectivity index (χ3v) is 5.73. The minimum atomic E-state index is 0.0000723. The predicted molar refractivity (Wildman–Crippen MR) is 108 cm³/mol. The van der Waals surface area contributed by atoms with E-state index in [1.807, 2.05) is 36.4 Å². The number of rotatable bonds is 2. The summed E-state index contributed by atoms with van der Waals surface area (Å²) < 4.78 is 4.68. The summed E-state index contributed by atoms with van der Waals surface area (Å²) in [6.07, 6.45) is 4.13. The molecule has 0 spiro atoms. The first-order valence-electron chi connectivity index (χ1n) is 8.65. The summed E-state index contributed by atoms with van der Waals surface area (Å²) in [6.45, 7) is 4.33. The van der Waals surface area contributed by atoms with E-state index in [2.05, 4.69) is 47.8 Å². The van der Waals surface area contributed by atoms with Crippen molar-refractivity contribution < 1.29 is 0 Å². The second kappa shape index (κ2) is 5.54. The van der Waals surface area contributed by atoms with Gasteiger partial charge in [0.2, 0.25) is 0 Å². The summed E-state index contributed by atoms with van der Waals surface area (Å²) in [6, 6.07) is 16.4. The van der Waals surface area contributed by atoms with Gasteiger partial charge in [-0.05, 0) is 38.1 Å². The Morgan fingerprint density at radius 3 is 2.58 bits per heavy atom. The Morgan fingerprint density at radius 1 is 1.04 bits per heavy atom. The minimum Gasteiger partial charge on any atom is -0.344 e. The van der Waals surface area contributed by atoms with Crippen LogP contribution in [-0.4, -0.2) is 14.0 Å². The molecule has 0 aliphatic carbocycles. The van der Waals surface area contributed by atoms with Gasteiger partial charge in [-0.15, -0.1) is 0 Å². The number of para-hydroxylation sites is 3. The molecule has 128 valence electrons. The van der Waals surface area contributed by atoms with E-state index in [4.69, 9.17) is 0 Å². The van der Waals surface area contributed by atoms with E-state index in [9.17, 15) is 4.79 Å². The smallest absolute Gasteiger partial charge is 0.274 e. The number of benzene rings is 2. The lowest BCUT2D eigenvalue weighted by Crippen LogP contribution is -2.22. The van der Waals surface area contributed by atoms with Gasteiger partial charge < -0.3 is 4.57 Å². The minimum absolute atomic E-state index is 0.0000723. The monoisotopic (exact) mass is 359 g/mol. The van der Waals surface area contributed by atoms with Crippen molar-refractivity contribution in [1.29, 1.82) is 0 Å². The maximum Gasteiger partial charge on any atom is 0.274 e. The van der Waals surface area contributed by atoms with Crippen molar-refractivity contribution in [2.45, 2.75) is 19.9 Å². The number of nitrogens with zero attached hydrogens (tertiary/aromatic N) is 3. The third kappa shape index (κ3) is 2.14. The fourth-order valence-corrected chi connectivity index (χ4v) is 4.51. The van der Waals surface area contributed by atoms with Crippen LogP contribution in [0.25, 0.3) is 33.0 Å². The van der Waals surface area contributed by atoms with E-state index < -0.39 is 0 Å². The molecule has 0 fully saturated rings. The molecule has 0 saturated carbocycles. The number of hydrogen-bond donors (Lipinski definition) is 0. The average molecular weight is 359 g/mol. The Balaban J connectivity index is 1.81. The van der Waals surface area contributed by atoms with E-state index in [1.165, 1.54) is 16.9 Å². The molecule has 3 aromatic heterocycles. The van der Waals surface area contributed by atoms with Crippen LogP contribution in [-0.2, 0) is 0 Å². The lowest BCUT2D eigenvalue weighted by Gasteiger charge is -2.08. The van der Waals surface area contributed by atoms with Gasteiger partial charge in [0.05, 0.1) is 15.6 Å². The molecule has 0 unspecified atom stereocenters. The molecule has 0 aliphatic rings. The highest BCUT2D eigenvalue weighted by Gasteiger charge is 2.12. The largest absolute Gasteiger partial charge is 0.344 e. The van der Waals surface area contributed by atoms with Crippen LogP contribution < -0.4 is 10.1 Å². The van der Waals surface area contributed by atoms with Gasteiger partial charge in [-0.2, -0.15) is 0 Å². The molecule has 5 rings (SSSR count). The topological polar surface area (TPSA) is 39.3 Å². The van der Waals surface area contributed by atoms with Crippen LogP contribution in [0.5, 0.6) is 0 Å². The molecule has 0 aliphatic heterocycles. The van der Waals surface area contributed by atoms with Gasteiger partial charge >= 0.3 is 0 Å². The highest BCUT2D eigenvalue weighted by atomic mass is 32.1. The molecule has 0 atom stereocenters. The van der Waals surface area contributed by atoms with Crippen LogP contribution in [0.1, 0.15) is 25.5 Å². The van der Waals surface area contributed by atoms with E-state index >= 15 is 0 Å². The zero-order valence-corrected chi connectivity index (χ0v) is 15.3. The van der Waals surface area contributed by atoms with Crippen molar-refractivity contribution in [1.82, 2.24) is 14.0 Å². The van der Waals surface area contributed by atoms with Gasteiger partial charge in [0, 0.05) is 28.7 Å². The Bertz CT molecular complexity index is 1390. The third-order valence-electron chi connectivity index (χ3n) is 4.76. The van der Waals surface area contributed by atoms with Crippen molar-refractivity contribution in [3.8, 4) is 0 Å². The van der Waals surface area contributed by atoms with Crippen molar-refractivity contribution in [3.63, 3.8) is 0 Å². The lowest BCUT2D eigenvalue weighted by molar-refractivity contribution is 0.622. The first kappa shape index (κ1) is 15.3. The molecule has 0 bridgehead atoms. The number of thiazole rings is 1. The quantitative estimate of drug-likeness (QED) is 0.478. The first-order valence-corrected chi connectivity index (χ1v) is 9.46. The van der Waals surface area contributed by atoms with Gasteiger partial charge in [-0.1, -0.05) is 41.7 Å². The molecule has 4 nitrogen and oxygen atoms in total. The predicted octanol–water partition coefficient (Wildman–Crippen LogP) is 3.99. The summed E-state index contributed by atoms with van der Waals surface area (Å²) in [4.78, 5) is 18.3. The zero-order chi connectivity index (χ0) is 17.8. The Hall–Kier alpha value is -2.92. The van der Waals surface area contributed by atoms with Gasteiger partial charge in [-0.3, -0.25) is 4.79 Å². The first-order chi connectivity index (χ1) is 12.6. The van der Waals surface area contributed by atoms with Gasteiger partial charge in [-0.25, -0.2) is 9.38 Å². The standard InChI is InChI=1S/C21H17N3OS/c1-13(2)23-12-14(15-7-3-5-9-17(15)23)11-19-20(25)24-18-10-6-4-8-16(18)22-21(24)26-19/h3-13H,1-2H3/b19-11-. The van der Waals surface area contributed by atoms with Crippen molar-refractivity contribution in [3.05, 3.63) is 75.2 Å². The second-order valence-electron chi connectivity index (χ2n) is 6.74. The number of hydrogen-bond acceptors (Lipinski definition) is 3. The molecule has 0 N–H and O–H groups in total. The maximum atomic E-state index is 13.0. The summed E-state index contributed by atoms with van der Waals surface area (Å²) in [5.41, 5.74) is 3.99. The summed E-state index contributed by atoms with van der Waals surface area (Å²) in [5.74, 6) is 0. The van der Waals surface area contributed by atoms with Gasteiger partial charge in [0.25, 0.3) is 5.56 Å². The summed E-state index contributed by atoms with van der Waals surface area (Å²) in [5, 5.41) is 1.16. The highest BCUT2D eigenvalue weighted by molar-refractivity contribution is 7.15. The molecule has 3 heterocycles. The van der Waals surface area contributed by atoms with Crippen LogP contribution >= 0.6 is 11.3 Å². The van der Waals surface area contributed by atoms with Crippen LogP contribution in [0.2, 0.25) is 0 Å². The van der Waals surface area contributed by atoms with Gasteiger partial charge in [0.15, 0.2) is 4.96 Å². The summed E-state index contributed by atoms with van der Waals surface area (Å²) in [7, 11) is 0. The Morgan fingerprint density at radius 2 is 1.77 bits per heavy atom. The van der Waals surface area contributed by atoms with E-state index in [-0.39, 0.29) is 5.56 Å². The van der Waals surface area contributed by atoms with Crippen LogP contribution in [0.4, 0.5) is 0 Å². The van der Waals surface area contributed by atoms with E-state index in [0.29, 0.717) is 10.6 Å². The van der Waals surface area contributed by atoms with Crippen molar-refractivity contribution in [2.75, 3.05) is 0 Å². The molecular weight excluding hydrogens is 342 g/mol. The molecule has 0 radical (unpaired) electrons. The van der Waals surface area contributed by atoms with Crippen molar-refractivity contribution in [2.24, 2.45) is 0 Å². The molecule has 0 saturated heterocycles. The molecular formula is C21H17N3OS. The highest BCUT2D eigenvalue weighted by Crippen LogP contribution is 2.25. The SMILES string of the molecule is CC(C)n1cc(/C=c2\sc3nc4ccccc4n3c2=O)c2ccccc21. The number of fused-ring (bicyclic) bond motifs is 4. The zero-order valence-electron chi connectivity index (χ0n) is 14.5. The number of aromatic nitrogens is 3. The normalized spacial score (nSPS) is 13.0. The molecule has 26 heavy (non-hydrogen) atoms. The van der Waals surface area contributed by atoms with Gasteiger partial charge in [0.1, 0.15) is 0 Å². The molecule has 2 aromatic carbocycles. The van der Waals surface area contributed by atoms with Crippen molar-refractivity contribution >= 4 is 44.3 Å². The van der Waals surface area contributed by atoms with Crippen LogP contribution in [0.15, 0.2) is 59.5 Å². The van der Waals surface area contributed by atoms with Crippen LogP contribution in [0, 0.1) is 0 Å². The van der Waals surface area contributed by atoms with E-state index in [1.54, 1.807) is 4.40 Å². The fraction of sp³-hybridized carbons (Fsp3) is 0.143. The molecule has 0 amide bonds.